The van der Waals surface area contributed by atoms with Gasteiger partial charge in [0, 0.05) is 18.1 Å². The lowest BCUT2D eigenvalue weighted by atomic mass is 10.0. The molecule has 1 saturated heterocycles. The summed E-state index contributed by atoms with van der Waals surface area (Å²) < 4.78 is 19.0. The van der Waals surface area contributed by atoms with Crippen LogP contribution < -0.4 is 4.74 Å². The normalized spacial score (nSPS) is 16.7. The Hall–Kier alpha value is -2.66. The first-order valence-corrected chi connectivity index (χ1v) is 9.22. The van der Waals surface area contributed by atoms with Crippen LogP contribution in [0.4, 0.5) is 4.39 Å². The lowest BCUT2D eigenvalue weighted by Crippen LogP contribution is -2.34. The second-order valence-corrected chi connectivity index (χ2v) is 6.94. The lowest BCUT2D eigenvalue weighted by molar-refractivity contribution is -0.134. The number of ether oxygens (including phenoxy) is 1. The molecule has 1 amide bonds. The highest BCUT2D eigenvalue weighted by molar-refractivity contribution is 6.35. The zero-order valence-electron chi connectivity index (χ0n) is 14.6. The number of rotatable bonds is 4. The predicted octanol–water partition coefficient (Wildman–Crippen LogP) is 4.77. The fraction of sp³-hybridized carbons (Fsp3) is 0.238. The molecule has 0 unspecified atom stereocenters. The summed E-state index contributed by atoms with van der Waals surface area (Å²) in [4.78, 5) is 18.9. The highest BCUT2D eigenvalue weighted by Crippen LogP contribution is 2.33. The maximum Gasteiger partial charge on any atom is 0.261 e. The first-order chi connectivity index (χ1) is 13.1. The van der Waals surface area contributed by atoms with Crippen LogP contribution in [0.5, 0.6) is 5.75 Å². The second-order valence-electron chi connectivity index (χ2n) is 6.53. The Bertz CT molecular complexity index is 978. The van der Waals surface area contributed by atoms with Crippen LogP contribution in [0.25, 0.3) is 10.9 Å². The molecule has 1 aliphatic rings. The van der Waals surface area contributed by atoms with Crippen molar-refractivity contribution in [1.29, 1.82) is 0 Å². The van der Waals surface area contributed by atoms with Gasteiger partial charge in [0.2, 0.25) is 0 Å². The van der Waals surface area contributed by atoms with E-state index in [0.29, 0.717) is 22.8 Å². The van der Waals surface area contributed by atoms with Crippen molar-refractivity contribution >= 4 is 28.4 Å². The van der Waals surface area contributed by atoms with Crippen molar-refractivity contribution in [2.45, 2.75) is 18.9 Å². The van der Waals surface area contributed by atoms with Crippen molar-refractivity contribution in [2.24, 2.45) is 0 Å². The zero-order chi connectivity index (χ0) is 18.8. The predicted molar refractivity (Wildman–Crippen MR) is 102 cm³/mol. The van der Waals surface area contributed by atoms with E-state index >= 15 is 0 Å². The molecule has 138 valence electrons. The Kier molecular flexibility index (Phi) is 4.94. The molecule has 4 rings (SSSR count). The summed E-state index contributed by atoms with van der Waals surface area (Å²) in [7, 11) is 0. The molecule has 2 heterocycles. The molecule has 0 N–H and O–H groups in total. The number of halogens is 2. The molecule has 2 aromatic carbocycles. The Labute approximate surface area is 161 Å². The number of amides is 1. The van der Waals surface area contributed by atoms with Gasteiger partial charge in [-0.1, -0.05) is 23.7 Å². The first-order valence-electron chi connectivity index (χ1n) is 8.84. The van der Waals surface area contributed by atoms with Gasteiger partial charge in [0.15, 0.2) is 6.61 Å². The molecule has 1 atom stereocenters. The van der Waals surface area contributed by atoms with Crippen LogP contribution >= 0.6 is 11.6 Å². The molecule has 0 spiro atoms. The summed E-state index contributed by atoms with van der Waals surface area (Å²) in [5, 5.41) is 1.38. The van der Waals surface area contributed by atoms with Gasteiger partial charge < -0.3 is 9.64 Å². The van der Waals surface area contributed by atoms with Gasteiger partial charge >= 0.3 is 0 Å². The Morgan fingerprint density at radius 3 is 2.85 bits per heavy atom. The highest BCUT2D eigenvalue weighted by Gasteiger charge is 2.30. The van der Waals surface area contributed by atoms with E-state index in [1.807, 2.05) is 6.07 Å². The number of benzene rings is 2. The molecule has 27 heavy (non-hydrogen) atoms. The van der Waals surface area contributed by atoms with Gasteiger partial charge in [0.1, 0.15) is 17.1 Å². The van der Waals surface area contributed by atoms with Crippen LogP contribution in [-0.2, 0) is 4.79 Å². The van der Waals surface area contributed by atoms with Crippen molar-refractivity contribution < 1.29 is 13.9 Å². The molecule has 3 aromatic rings. The largest absolute Gasteiger partial charge is 0.481 e. The Balaban J connectivity index is 1.49. The average Bonchev–Trinajstić information content (AvgIpc) is 3.18. The molecule has 6 heteroatoms. The standard InChI is InChI=1S/C21H18ClFN2O2/c22-17-9-10-19(21-16(17)3-1-11-24-21)27-13-20(26)25-12-2-4-18(25)14-5-7-15(23)8-6-14/h1,3,5-11,18H,2,4,12-13H2/t18-/m1/s1. The molecule has 0 bridgehead atoms. The number of hydrogen-bond acceptors (Lipinski definition) is 3. The van der Waals surface area contributed by atoms with Crippen LogP contribution in [0.2, 0.25) is 5.02 Å². The van der Waals surface area contributed by atoms with Crippen molar-refractivity contribution in [1.82, 2.24) is 9.88 Å². The van der Waals surface area contributed by atoms with Crippen LogP contribution in [-0.4, -0.2) is 28.9 Å². The van der Waals surface area contributed by atoms with Gasteiger partial charge in [-0.15, -0.1) is 0 Å². The van der Waals surface area contributed by atoms with Gasteiger partial charge in [-0.05, 0) is 54.8 Å². The summed E-state index contributed by atoms with van der Waals surface area (Å²) in [6, 6.07) is 13.4. The quantitative estimate of drug-likeness (QED) is 0.650. The van der Waals surface area contributed by atoms with Crippen molar-refractivity contribution in [3.63, 3.8) is 0 Å². The molecular formula is C21H18ClFN2O2. The molecule has 0 saturated carbocycles. The van der Waals surface area contributed by atoms with Gasteiger partial charge in [0.05, 0.1) is 11.1 Å². The van der Waals surface area contributed by atoms with E-state index in [9.17, 15) is 9.18 Å². The summed E-state index contributed by atoms with van der Waals surface area (Å²) in [5.74, 6) is 0.154. The maximum absolute atomic E-state index is 13.2. The number of fused-ring (bicyclic) bond motifs is 1. The average molecular weight is 385 g/mol. The van der Waals surface area contributed by atoms with Crippen LogP contribution in [0.15, 0.2) is 54.7 Å². The van der Waals surface area contributed by atoms with Crippen LogP contribution in [0, 0.1) is 5.82 Å². The Morgan fingerprint density at radius 2 is 2.04 bits per heavy atom. The van der Waals surface area contributed by atoms with Crippen molar-refractivity contribution in [3.05, 3.63) is 71.1 Å². The topological polar surface area (TPSA) is 42.4 Å². The first kappa shape index (κ1) is 17.7. The van der Waals surface area contributed by atoms with E-state index < -0.39 is 0 Å². The summed E-state index contributed by atoms with van der Waals surface area (Å²) >= 11 is 6.20. The van der Waals surface area contributed by atoms with E-state index in [-0.39, 0.29) is 24.4 Å². The summed E-state index contributed by atoms with van der Waals surface area (Å²) in [5.41, 5.74) is 1.58. The number of carbonyl (C=O) groups is 1. The van der Waals surface area contributed by atoms with Gasteiger partial charge in [-0.25, -0.2) is 4.39 Å². The minimum absolute atomic E-state index is 0.0400. The van der Waals surface area contributed by atoms with Crippen molar-refractivity contribution in [3.8, 4) is 5.75 Å². The molecule has 0 radical (unpaired) electrons. The van der Waals surface area contributed by atoms with E-state index in [2.05, 4.69) is 4.98 Å². The van der Waals surface area contributed by atoms with Crippen molar-refractivity contribution in [2.75, 3.05) is 13.2 Å². The van der Waals surface area contributed by atoms with Crippen LogP contribution in [0.1, 0.15) is 24.4 Å². The third-order valence-electron chi connectivity index (χ3n) is 4.86. The molecule has 0 aliphatic carbocycles. The fourth-order valence-corrected chi connectivity index (χ4v) is 3.76. The number of carbonyl (C=O) groups excluding carboxylic acids is 1. The third-order valence-corrected chi connectivity index (χ3v) is 5.19. The van der Waals surface area contributed by atoms with E-state index in [1.54, 1.807) is 41.4 Å². The zero-order valence-corrected chi connectivity index (χ0v) is 15.3. The molecule has 1 aliphatic heterocycles. The fourth-order valence-electron chi connectivity index (χ4n) is 3.55. The Morgan fingerprint density at radius 1 is 1.22 bits per heavy atom. The van der Waals surface area contributed by atoms with Crippen LogP contribution in [0.3, 0.4) is 0 Å². The minimum atomic E-state index is -0.278. The lowest BCUT2D eigenvalue weighted by Gasteiger charge is -2.25. The molecule has 4 nitrogen and oxygen atoms in total. The molecule has 1 fully saturated rings. The van der Waals surface area contributed by atoms with E-state index in [0.717, 1.165) is 23.8 Å². The summed E-state index contributed by atoms with van der Waals surface area (Å²) in [6.07, 6.45) is 3.44. The molecular weight excluding hydrogens is 367 g/mol. The van der Waals surface area contributed by atoms with E-state index in [1.165, 1.54) is 12.1 Å². The molecule has 1 aromatic heterocycles. The van der Waals surface area contributed by atoms with Gasteiger partial charge in [-0.3, -0.25) is 9.78 Å². The highest BCUT2D eigenvalue weighted by atomic mass is 35.5. The third kappa shape index (κ3) is 3.60. The number of hydrogen-bond donors (Lipinski definition) is 0. The number of likely N-dealkylation sites (tertiary alicyclic amines) is 1. The smallest absolute Gasteiger partial charge is 0.261 e. The van der Waals surface area contributed by atoms with Gasteiger partial charge in [-0.2, -0.15) is 0 Å². The second kappa shape index (κ2) is 7.53. The monoisotopic (exact) mass is 384 g/mol. The SMILES string of the molecule is O=C(COc1ccc(Cl)c2cccnc12)N1CCC[C@@H]1c1ccc(F)cc1. The number of pyridine rings is 1. The number of nitrogens with zero attached hydrogens (tertiary/aromatic N) is 2. The maximum atomic E-state index is 13.2. The van der Waals surface area contributed by atoms with E-state index in [4.69, 9.17) is 16.3 Å². The minimum Gasteiger partial charge on any atom is -0.481 e. The van der Waals surface area contributed by atoms with Gasteiger partial charge in [0.25, 0.3) is 5.91 Å². The number of aromatic nitrogens is 1. The summed E-state index contributed by atoms with van der Waals surface area (Å²) in [6.45, 7) is 0.592.